The summed E-state index contributed by atoms with van der Waals surface area (Å²) in [5.41, 5.74) is 5.38. The molecule has 2 aromatic rings. The molecule has 2 rings (SSSR count). The second-order valence-corrected chi connectivity index (χ2v) is 8.10. The molecule has 30 heavy (non-hydrogen) atoms. The molecule has 166 valence electrons. The first-order valence-electron chi connectivity index (χ1n) is 10.8. The maximum Gasteiger partial charge on any atom is 0.171 e. The number of hydrogen-bond donors (Lipinski definition) is 0. The largest absolute Gasteiger partial charge is 1.00 e. The van der Waals surface area contributed by atoms with Crippen LogP contribution in [0.4, 0.5) is 0 Å². The minimum atomic E-state index is 0. The summed E-state index contributed by atoms with van der Waals surface area (Å²) in [4.78, 5) is 0. The quantitative estimate of drug-likeness (QED) is 0.210. The number of nitrogens with zero attached hydrogens (tertiary/aromatic N) is 2. The van der Waals surface area contributed by atoms with Crippen molar-refractivity contribution < 1.29 is 43.1 Å². The number of aryl methyl sites for hydroxylation is 6. The first-order valence-corrected chi connectivity index (χ1v) is 10.8. The SMILES string of the molecule is Cc1cc(C)c[n+](CCCC/C=C\C=C/CCCC[n+]2cc(C)cc(C)c2)c1.[Br-].[Br-]. The molecular weight excluding hydrogens is 500 g/mol. The van der Waals surface area contributed by atoms with E-state index in [1.54, 1.807) is 0 Å². The summed E-state index contributed by atoms with van der Waals surface area (Å²) in [7, 11) is 0. The Balaban J connectivity index is 0.00000420. The molecular formula is C26H38Br2N2. The summed E-state index contributed by atoms with van der Waals surface area (Å²) in [6, 6.07) is 4.46. The summed E-state index contributed by atoms with van der Waals surface area (Å²) in [6.45, 7) is 10.9. The van der Waals surface area contributed by atoms with Crippen LogP contribution in [0.3, 0.4) is 0 Å². The number of halogens is 2. The van der Waals surface area contributed by atoms with Gasteiger partial charge in [-0.05, 0) is 65.5 Å². The van der Waals surface area contributed by atoms with Gasteiger partial charge < -0.3 is 34.0 Å². The number of pyridine rings is 2. The maximum absolute atomic E-state index is 2.32. The first-order chi connectivity index (χ1) is 13.5. The third kappa shape index (κ3) is 12.4. The lowest BCUT2D eigenvalue weighted by molar-refractivity contribution is -0.698. The second kappa shape index (κ2) is 16.4. The average molecular weight is 538 g/mol. The van der Waals surface area contributed by atoms with E-state index in [-0.39, 0.29) is 34.0 Å². The van der Waals surface area contributed by atoms with Crippen molar-refractivity contribution in [2.45, 2.75) is 79.3 Å². The number of rotatable bonds is 11. The van der Waals surface area contributed by atoms with Crippen molar-refractivity contribution in [2.24, 2.45) is 0 Å². The summed E-state index contributed by atoms with van der Waals surface area (Å²) in [5, 5.41) is 0. The van der Waals surface area contributed by atoms with E-state index in [0.717, 1.165) is 13.1 Å². The summed E-state index contributed by atoms with van der Waals surface area (Å²) in [6.07, 6.45) is 25.3. The van der Waals surface area contributed by atoms with Gasteiger partial charge in [0.05, 0.1) is 0 Å². The van der Waals surface area contributed by atoms with Crippen LogP contribution in [0.1, 0.15) is 60.8 Å². The van der Waals surface area contributed by atoms with Crippen LogP contribution in [0, 0.1) is 27.7 Å². The number of unbranched alkanes of at least 4 members (excludes halogenated alkanes) is 4. The lowest BCUT2D eigenvalue weighted by atomic mass is 10.2. The fourth-order valence-corrected chi connectivity index (χ4v) is 3.71. The van der Waals surface area contributed by atoms with Crippen molar-refractivity contribution in [3.8, 4) is 0 Å². The predicted molar refractivity (Wildman–Crippen MR) is 118 cm³/mol. The lowest BCUT2D eigenvalue weighted by Crippen LogP contribution is -3.00. The molecule has 2 aromatic heterocycles. The van der Waals surface area contributed by atoms with Crippen LogP contribution in [0.5, 0.6) is 0 Å². The number of hydrogen-bond acceptors (Lipinski definition) is 0. The van der Waals surface area contributed by atoms with Gasteiger partial charge in [0.15, 0.2) is 24.8 Å². The average Bonchev–Trinajstić information content (AvgIpc) is 2.61. The van der Waals surface area contributed by atoms with E-state index in [2.05, 4.69) is 98.1 Å². The van der Waals surface area contributed by atoms with E-state index in [1.807, 2.05) is 0 Å². The third-order valence-corrected chi connectivity index (χ3v) is 4.85. The minimum Gasteiger partial charge on any atom is -1.00 e. The van der Waals surface area contributed by atoms with Gasteiger partial charge in [-0.15, -0.1) is 0 Å². The molecule has 2 heterocycles. The Kier molecular flexibility index (Phi) is 15.7. The zero-order valence-corrected chi connectivity index (χ0v) is 22.3. The molecule has 0 aliphatic carbocycles. The fourth-order valence-electron chi connectivity index (χ4n) is 3.71. The van der Waals surface area contributed by atoms with Crippen LogP contribution in [-0.2, 0) is 13.1 Å². The van der Waals surface area contributed by atoms with Gasteiger partial charge >= 0.3 is 0 Å². The third-order valence-electron chi connectivity index (χ3n) is 4.85. The molecule has 4 heteroatoms. The van der Waals surface area contributed by atoms with Crippen molar-refractivity contribution in [2.75, 3.05) is 0 Å². The highest BCUT2D eigenvalue weighted by molar-refractivity contribution is 5.12. The van der Waals surface area contributed by atoms with E-state index in [1.165, 1.54) is 60.8 Å². The van der Waals surface area contributed by atoms with Crippen LogP contribution in [-0.4, -0.2) is 0 Å². The van der Waals surface area contributed by atoms with Gasteiger partial charge in [-0.1, -0.05) is 24.3 Å². The summed E-state index contributed by atoms with van der Waals surface area (Å²) >= 11 is 0. The molecule has 0 atom stereocenters. The Bertz CT molecular complexity index is 690. The van der Waals surface area contributed by atoms with Crippen molar-refractivity contribution >= 4 is 0 Å². The Hall–Kier alpha value is -1.26. The molecule has 2 nitrogen and oxygen atoms in total. The molecule has 0 amide bonds. The van der Waals surface area contributed by atoms with Gasteiger partial charge in [0.25, 0.3) is 0 Å². The van der Waals surface area contributed by atoms with E-state index < -0.39 is 0 Å². The molecule has 0 bridgehead atoms. The number of aromatic nitrogens is 2. The Morgan fingerprint density at radius 1 is 0.567 bits per heavy atom. The van der Waals surface area contributed by atoms with Gasteiger partial charge in [0, 0.05) is 35.1 Å². The molecule has 0 fully saturated rings. The standard InChI is InChI=1S/C26H38N2.2BrH/c1-23-17-24(2)20-27(19-23)15-13-11-9-7-5-6-8-10-12-14-16-28-21-25(3)18-26(4)22-28;;/h5-8,17-22H,9-16H2,1-4H3;2*1H/q+2;;/p-2/b7-5-,8-6-;;. The molecule has 0 saturated carbocycles. The van der Waals surface area contributed by atoms with Gasteiger partial charge in [0.1, 0.15) is 13.1 Å². The van der Waals surface area contributed by atoms with E-state index in [4.69, 9.17) is 0 Å². The summed E-state index contributed by atoms with van der Waals surface area (Å²) < 4.78 is 4.65. The van der Waals surface area contributed by atoms with E-state index >= 15 is 0 Å². The fraction of sp³-hybridized carbons (Fsp3) is 0.462. The van der Waals surface area contributed by atoms with Crippen LogP contribution in [0.2, 0.25) is 0 Å². The summed E-state index contributed by atoms with van der Waals surface area (Å²) in [5.74, 6) is 0. The Morgan fingerprint density at radius 2 is 0.900 bits per heavy atom. The highest BCUT2D eigenvalue weighted by Gasteiger charge is 2.03. The molecule has 0 aliphatic rings. The zero-order chi connectivity index (χ0) is 20.2. The zero-order valence-electron chi connectivity index (χ0n) is 19.1. The van der Waals surface area contributed by atoms with Crippen molar-refractivity contribution in [1.82, 2.24) is 0 Å². The monoisotopic (exact) mass is 536 g/mol. The van der Waals surface area contributed by atoms with Gasteiger partial charge in [0.2, 0.25) is 0 Å². The van der Waals surface area contributed by atoms with Crippen LogP contribution in [0.25, 0.3) is 0 Å². The first kappa shape index (κ1) is 28.7. The Labute approximate surface area is 205 Å². The molecule has 0 aliphatic heterocycles. The Morgan fingerprint density at radius 3 is 1.23 bits per heavy atom. The maximum atomic E-state index is 2.32. The number of allylic oxidation sites excluding steroid dienone is 4. The van der Waals surface area contributed by atoms with E-state index in [0.29, 0.717) is 0 Å². The van der Waals surface area contributed by atoms with Crippen molar-refractivity contribution in [3.05, 3.63) is 83.5 Å². The highest BCUT2D eigenvalue weighted by atomic mass is 79.9. The van der Waals surface area contributed by atoms with Crippen molar-refractivity contribution in [1.29, 1.82) is 0 Å². The smallest absolute Gasteiger partial charge is 0.171 e. The van der Waals surface area contributed by atoms with Gasteiger partial charge in [-0.2, -0.15) is 0 Å². The van der Waals surface area contributed by atoms with Crippen LogP contribution in [0.15, 0.2) is 61.2 Å². The molecule has 0 N–H and O–H groups in total. The van der Waals surface area contributed by atoms with Gasteiger partial charge in [-0.3, -0.25) is 0 Å². The molecule has 0 radical (unpaired) electrons. The second-order valence-electron chi connectivity index (χ2n) is 8.10. The highest BCUT2D eigenvalue weighted by Crippen LogP contribution is 2.02. The molecule has 0 aromatic carbocycles. The topological polar surface area (TPSA) is 7.76 Å². The van der Waals surface area contributed by atoms with Gasteiger partial charge in [-0.25, -0.2) is 9.13 Å². The molecule has 0 unspecified atom stereocenters. The molecule has 0 spiro atoms. The lowest BCUT2D eigenvalue weighted by Gasteiger charge is -1.99. The predicted octanol–water partition coefficient (Wildman–Crippen LogP) is -0.344. The van der Waals surface area contributed by atoms with Crippen LogP contribution >= 0.6 is 0 Å². The minimum absolute atomic E-state index is 0. The normalized spacial score (nSPS) is 10.9. The van der Waals surface area contributed by atoms with Crippen molar-refractivity contribution in [3.63, 3.8) is 0 Å². The van der Waals surface area contributed by atoms with Crippen LogP contribution < -0.4 is 43.1 Å². The van der Waals surface area contributed by atoms with E-state index in [9.17, 15) is 0 Å². The molecule has 0 saturated heterocycles.